The van der Waals surface area contributed by atoms with Crippen molar-refractivity contribution in [2.45, 2.75) is 18.9 Å². The van der Waals surface area contributed by atoms with Crippen LogP contribution < -0.4 is 5.32 Å². The molecule has 3 rings (SSSR count). The van der Waals surface area contributed by atoms with E-state index in [1.807, 2.05) is 19.3 Å². The Morgan fingerprint density at radius 2 is 1.81 bits per heavy atom. The van der Waals surface area contributed by atoms with Crippen LogP contribution in [-0.4, -0.2) is 12.0 Å². The molecule has 1 heterocycles. The maximum Gasteiger partial charge on any atom is 0.0704 e. The normalized spacial score (nSPS) is 12.4. The van der Waals surface area contributed by atoms with Gasteiger partial charge in [0, 0.05) is 17.6 Å². The van der Waals surface area contributed by atoms with Gasteiger partial charge in [0.2, 0.25) is 0 Å². The summed E-state index contributed by atoms with van der Waals surface area (Å²) < 4.78 is 0. The van der Waals surface area contributed by atoms with Gasteiger partial charge in [-0.1, -0.05) is 48.5 Å². The number of hydrogen-bond acceptors (Lipinski definition) is 2. The van der Waals surface area contributed by atoms with Gasteiger partial charge in [-0.15, -0.1) is 0 Å². The van der Waals surface area contributed by atoms with Crippen molar-refractivity contribution in [2.75, 3.05) is 7.05 Å². The molecule has 0 aliphatic rings. The summed E-state index contributed by atoms with van der Waals surface area (Å²) in [5.41, 5.74) is 3.80. The summed E-state index contributed by atoms with van der Waals surface area (Å²) in [5.74, 6) is 0. The molecule has 1 unspecified atom stereocenters. The van der Waals surface area contributed by atoms with E-state index in [-0.39, 0.29) is 0 Å². The molecule has 0 amide bonds. The SMILES string of the molecule is CNC(CCc1cccc2ncccc12)c1ccccc1. The molecule has 0 saturated carbocycles. The van der Waals surface area contributed by atoms with Gasteiger partial charge >= 0.3 is 0 Å². The average molecular weight is 276 g/mol. The first-order valence-corrected chi connectivity index (χ1v) is 7.43. The van der Waals surface area contributed by atoms with Crippen LogP contribution in [0.4, 0.5) is 0 Å². The highest BCUT2D eigenvalue weighted by atomic mass is 14.9. The van der Waals surface area contributed by atoms with Gasteiger partial charge in [0.15, 0.2) is 0 Å². The van der Waals surface area contributed by atoms with Crippen LogP contribution in [0.5, 0.6) is 0 Å². The number of hydrogen-bond donors (Lipinski definition) is 1. The number of nitrogens with zero attached hydrogens (tertiary/aromatic N) is 1. The van der Waals surface area contributed by atoms with E-state index in [9.17, 15) is 0 Å². The van der Waals surface area contributed by atoms with Crippen molar-refractivity contribution in [2.24, 2.45) is 0 Å². The fraction of sp³-hybridized carbons (Fsp3) is 0.211. The van der Waals surface area contributed by atoms with Crippen molar-refractivity contribution >= 4 is 10.9 Å². The minimum atomic E-state index is 0.387. The highest BCUT2D eigenvalue weighted by Gasteiger charge is 2.10. The predicted molar refractivity (Wildman–Crippen MR) is 88.3 cm³/mol. The van der Waals surface area contributed by atoms with Crippen molar-refractivity contribution in [3.8, 4) is 0 Å². The Morgan fingerprint density at radius 3 is 2.62 bits per heavy atom. The van der Waals surface area contributed by atoms with E-state index >= 15 is 0 Å². The Labute approximate surface area is 125 Å². The van der Waals surface area contributed by atoms with E-state index in [4.69, 9.17) is 0 Å². The number of benzene rings is 2. The monoisotopic (exact) mass is 276 g/mol. The lowest BCUT2D eigenvalue weighted by Crippen LogP contribution is -2.17. The highest BCUT2D eigenvalue weighted by molar-refractivity contribution is 5.81. The zero-order valence-corrected chi connectivity index (χ0v) is 12.3. The summed E-state index contributed by atoms with van der Waals surface area (Å²) in [6, 6.07) is 21.6. The molecule has 0 saturated heterocycles. The second-order valence-electron chi connectivity index (χ2n) is 5.28. The summed E-state index contributed by atoms with van der Waals surface area (Å²) in [6.45, 7) is 0. The Bertz CT molecular complexity index is 702. The molecule has 2 nitrogen and oxygen atoms in total. The molecule has 0 bridgehead atoms. The van der Waals surface area contributed by atoms with Crippen LogP contribution >= 0.6 is 0 Å². The van der Waals surface area contributed by atoms with Crippen LogP contribution in [0.3, 0.4) is 0 Å². The Balaban J connectivity index is 1.79. The summed E-state index contributed by atoms with van der Waals surface area (Å²) in [7, 11) is 2.03. The smallest absolute Gasteiger partial charge is 0.0704 e. The zero-order valence-electron chi connectivity index (χ0n) is 12.3. The van der Waals surface area contributed by atoms with Gasteiger partial charge in [0.05, 0.1) is 5.52 Å². The van der Waals surface area contributed by atoms with E-state index in [1.54, 1.807) is 0 Å². The van der Waals surface area contributed by atoms with Gasteiger partial charge < -0.3 is 5.32 Å². The minimum absolute atomic E-state index is 0.387. The Kier molecular flexibility index (Phi) is 4.27. The summed E-state index contributed by atoms with van der Waals surface area (Å²) >= 11 is 0. The number of rotatable bonds is 5. The Hall–Kier alpha value is -2.19. The fourth-order valence-corrected chi connectivity index (χ4v) is 2.85. The van der Waals surface area contributed by atoms with Gasteiger partial charge in [-0.2, -0.15) is 0 Å². The average Bonchev–Trinajstić information content (AvgIpc) is 2.56. The molecule has 0 radical (unpaired) electrons. The summed E-state index contributed by atoms with van der Waals surface area (Å²) in [5, 5.41) is 4.69. The molecule has 0 aliphatic heterocycles. The van der Waals surface area contributed by atoms with Crippen molar-refractivity contribution in [3.05, 3.63) is 78.0 Å². The largest absolute Gasteiger partial charge is 0.313 e. The highest BCUT2D eigenvalue weighted by Crippen LogP contribution is 2.22. The molecule has 21 heavy (non-hydrogen) atoms. The maximum absolute atomic E-state index is 4.43. The predicted octanol–water partition coefficient (Wildman–Crippen LogP) is 4.13. The number of aryl methyl sites for hydroxylation is 1. The van der Waals surface area contributed by atoms with Gasteiger partial charge in [-0.3, -0.25) is 4.98 Å². The quantitative estimate of drug-likeness (QED) is 0.758. The third-order valence-corrected chi connectivity index (χ3v) is 3.99. The molecule has 2 heteroatoms. The molecule has 0 aliphatic carbocycles. The third kappa shape index (κ3) is 3.11. The van der Waals surface area contributed by atoms with Gasteiger partial charge in [-0.05, 0) is 43.1 Å². The first-order chi connectivity index (χ1) is 10.4. The molecule has 0 spiro atoms. The number of pyridine rings is 1. The lowest BCUT2D eigenvalue weighted by atomic mass is 9.97. The molecule has 1 N–H and O–H groups in total. The van der Waals surface area contributed by atoms with E-state index in [0.29, 0.717) is 6.04 Å². The van der Waals surface area contributed by atoms with E-state index in [1.165, 1.54) is 16.5 Å². The molecule has 0 fully saturated rings. The standard InChI is InChI=1S/C19H20N2/c1-20-18(16-7-3-2-4-8-16)13-12-15-9-5-11-19-17(15)10-6-14-21-19/h2-11,14,18,20H,12-13H2,1H3. The zero-order chi connectivity index (χ0) is 14.5. The molecule has 1 aromatic heterocycles. The van der Waals surface area contributed by atoms with Gasteiger partial charge in [0.1, 0.15) is 0 Å². The molecule has 1 atom stereocenters. The van der Waals surface area contributed by atoms with Crippen LogP contribution in [0.25, 0.3) is 10.9 Å². The molecule has 2 aromatic carbocycles. The van der Waals surface area contributed by atoms with E-state index in [0.717, 1.165) is 18.4 Å². The van der Waals surface area contributed by atoms with E-state index in [2.05, 4.69) is 64.9 Å². The second-order valence-corrected chi connectivity index (χ2v) is 5.28. The van der Waals surface area contributed by atoms with Crippen molar-refractivity contribution in [1.82, 2.24) is 10.3 Å². The van der Waals surface area contributed by atoms with Crippen LogP contribution in [-0.2, 0) is 6.42 Å². The Morgan fingerprint density at radius 1 is 0.952 bits per heavy atom. The number of aromatic nitrogens is 1. The van der Waals surface area contributed by atoms with Crippen LogP contribution in [0.15, 0.2) is 66.9 Å². The van der Waals surface area contributed by atoms with Gasteiger partial charge in [-0.25, -0.2) is 0 Å². The first-order valence-electron chi connectivity index (χ1n) is 7.43. The number of fused-ring (bicyclic) bond motifs is 1. The minimum Gasteiger partial charge on any atom is -0.313 e. The number of nitrogens with one attached hydrogen (secondary N) is 1. The second kappa shape index (κ2) is 6.51. The third-order valence-electron chi connectivity index (χ3n) is 3.99. The molecular weight excluding hydrogens is 256 g/mol. The van der Waals surface area contributed by atoms with Crippen molar-refractivity contribution in [1.29, 1.82) is 0 Å². The molecule has 3 aromatic rings. The van der Waals surface area contributed by atoms with Crippen LogP contribution in [0.1, 0.15) is 23.6 Å². The maximum atomic E-state index is 4.43. The first kappa shape index (κ1) is 13.8. The summed E-state index contributed by atoms with van der Waals surface area (Å²) in [6.07, 6.45) is 3.98. The lowest BCUT2D eigenvalue weighted by molar-refractivity contribution is 0.550. The lowest BCUT2D eigenvalue weighted by Gasteiger charge is -2.17. The van der Waals surface area contributed by atoms with Crippen molar-refractivity contribution < 1.29 is 0 Å². The topological polar surface area (TPSA) is 24.9 Å². The van der Waals surface area contributed by atoms with Crippen LogP contribution in [0.2, 0.25) is 0 Å². The van der Waals surface area contributed by atoms with Crippen LogP contribution in [0, 0.1) is 0 Å². The van der Waals surface area contributed by atoms with E-state index < -0.39 is 0 Å². The van der Waals surface area contributed by atoms with Gasteiger partial charge in [0.25, 0.3) is 0 Å². The van der Waals surface area contributed by atoms with Crippen molar-refractivity contribution in [3.63, 3.8) is 0 Å². The molecular formula is C19H20N2. The fourth-order valence-electron chi connectivity index (χ4n) is 2.85. The molecule has 106 valence electrons. The summed E-state index contributed by atoms with van der Waals surface area (Å²) in [4.78, 5) is 4.43.